The molecule has 0 bridgehead atoms. The standard InChI is InChI=1S/C18H29NO/c1-13-7-6-8-15(14(13)2)16(19)18(20-5)11-9-17(3,4)10-12-18/h6-8,16H,9-12,19H2,1-5H3. The monoisotopic (exact) mass is 275 g/mol. The predicted octanol–water partition coefficient (Wildman–Crippen LogP) is 4.29. The number of ether oxygens (including phenoxy) is 1. The summed E-state index contributed by atoms with van der Waals surface area (Å²) in [4.78, 5) is 0. The van der Waals surface area contributed by atoms with Gasteiger partial charge in [-0.2, -0.15) is 0 Å². The normalized spacial score (nSPS) is 22.5. The van der Waals surface area contributed by atoms with Gasteiger partial charge in [0.05, 0.1) is 11.6 Å². The number of hydrogen-bond acceptors (Lipinski definition) is 2. The summed E-state index contributed by atoms with van der Waals surface area (Å²) in [5, 5.41) is 0. The summed E-state index contributed by atoms with van der Waals surface area (Å²) in [6, 6.07) is 6.37. The number of hydrogen-bond donors (Lipinski definition) is 1. The van der Waals surface area contributed by atoms with Crippen molar-refractivity contribution in [3.05, 3.63) is 34.9 Å². The molecule has 0 aromatic heterocycles. The van der Waals surface area contributed by atoms with Crippen molar-refractivity contribution < 1.29 is 4.74 Å². The molecule has 20 heavy (non-hydrogen) atoms. The molecule has 1 unspecified atom stereocenters. The molecular formula is C18H29NO. The second kappa shape index (κ2) is 5.50. The maximum Gasteiger partial charge on any atom is 0.0870 e. The topological polar surface area (TPSA) is 35.2 Å². The molecule has 0 aliphatic heterocycles. The molecule has 2 heteroatoms. The molecule has 1 atom stereocenters. The van der Waals surface area contributed by atoms with Crippen LogP contribution in [0, 0.1) is 19.3 Å². The van der Waals surface area contributed by atoms with Gasteiger partial charge in [-0.3, -0.25) is 0 Å². The minimum atomic E-state index is -0.200. The van der Waals surface area contributed by atoms with Gasteiger partial charge < -0.3 is 10.5 Å². The van der Waals surface area contributed by atoms with Crippen molar-refractivity contribution in [2.24, 2.45) is 11.1 Å². The number of nitrogens with two attached hydrogens (primary N) is 1. The molecule has 1 aliphatic carbocycles. The number of aryl methyl sites for hydroxylation is 1. The summed E-state index contributed by atoms with van der Waals surface area (Å²) in [5.41, 5.74) is 10.7. The molecule has 2 rings (SSSR count). The quantitative estimate of drug-likeness (QED) is 0.893. The molecular weight excluding hydrogens is 246 g/mol. The summed E-state index contributed by atoms with van der Waals surface area (Å²) >= 11 is 0. The van der Waals surface area contributed by atoms with Crippen LogP contribution >= 0.6 is 0 Å². The maximum atomic E-state index is 6.65. The van der Waals surface area contributed by atoms with Crippen LogP contribution < -0.4 is 5.73 Å². The number of rotatable bonds is 3. The average molecular weight is 275 g/mol. The fraction of sp³-hybridized carbons (Fsp3) is 0.667. The maximum absolute atomic E-state index is 6.65. The van der Waals surface area contributed by atoms with Crippen molar-refractivity contribution in [1.29, 1.82) is 0 Å². The van der Waals surface area contributed by atoms with Crippen molar-refractivity contribution in [3.8, 4) is 0 Å². The van der Waals surface area contributed by atoms with Crippen LogP contribution in [-0.2, 0) is 4.74 Å². The van der Waals surface area contributed by atoms with Crippen LogP contribution in [0.15, 0.2) is 18.2 Å². The van der Waals surface area contributed by atoms with Crippen LogP contribution in [0.1, 0.15) is 62.3 Å². The van der Waals surface area contributed by atoms with Gasteiger partial charge in [0, 0.05) is 7.11 Å². The highest BCUT2D eigenvalue weighted by atomic mass is 16.5. The molecule has 0 amide bonds. The fourth-order valence-corrected chi connectivity index (χ4v) is 3.39. The average Bonchev–Trinajstić information content (AvgIpc) is 2.42. The van der Waals surface area contributed by atoms with Gasteiger partial charge in [-0.1, -0.05) is 32.0 Å². The third kappa shape index (κ3) is 2.77. The fourth-order valence-electron chi connectivity index (χ4n) is 3.39. The molecule has 1 fully saturated rings. The SMILES string of the molecule is COC1(C(N)c2cccc(C)c2C)CCC(C)(C)CC1. The van der Waals surface area contributed by atoms with Gasteiger partial charge in [0.2, 0.25) is 0 Å². The first-order valence-electron chi connectivity index (χ1n) is 7.68. The summed E-state index contributed by atoms with van der Waals surface area (Å²) in [6.07, 6.45) is 4.45. The first-order chi connectivity index (χ1) is 9.31. The van der Waals surface area contributed by atoms with Gasteiger partial charge in [0.15, 0.2) is 0 Å². The Hall–Kier alpha value is -0.860. The Morgan fingerprint density at radius 2 is 1.70 bits per heavy atom. The van der Waals surface area contributed by atoms with Gasteiger partial charge in [-0.25, -0.2) is 0 Å². The van der Waals surface area contributed by atoms with E-state index in [0.29, 0.717) is 5.41 Å². The van der Waals surface area contributed by atoms with Gasteiger partial charge in [-0.05, 0) is 61.6 Å². The molecule has 2 nitrogen and oxygen atoms in total. The highest BCUT2D eigenvalue weighted by molar-refractivity contribution is 5.36. The zero-order valence-corrected chi connectivity index (χ0v) is 13.6. The third-order valence-corrected chi connectivity index (χ3v) is 5.40. The minimum absolute atomic E-state index is 0.0384. The Kier molecular flexibility index (Phi) is 4.27. The summed E-state index contributed by atoms with van der Waals surface area (Å²) in [5.74, 6) is 0. The summed E-state index contributed by atoms with van der Waals surface area (Å²) in [7, 11) is 1.82. The van der Waals surface area contributed by atoms with Crippen LogP contribution in [0.4, 0.5) is 0 Å². The Morgan fingerprint density at radius 3 is 2.25 bits per heavy atom. The zero-order valence-electron chi connectivity index (χ0n) is 13.6. The molecule has 1 saturated carbocycles. The van der Waals surface area contributed by atoms with Gasteiger partial charge in [-0.15, -0.1) is 0 Å². The smallest absolute Gasteiger partial charge is 0.0870 e. The van der Waals surface area contributed by atoms with E-state index in [-0.39, 0.29) is 11.6 Å². The van der Waals surface area contributed by atoms with Crippen LogP contribution in [0.2, 0.25) is 0 Å². The van der Waals surface area contributed by atoms with E-state index in [1.165, 1.54) is 29.5 Å². The lowest BCUT2D eigenvalue weighted by Crippen LogP contribution is -2.47. The Balaban J connectivity index is 2.30. The van der Waals surface area contributed by atoms with Crippen LogP contribution in [0.25, 0.3) is 0 Å². The van der Waals surface area contributed by atoms with E-state index in [1.54, 1.807) is 0 Å². The summed E-state index contributed by atoms with van der Waals surface area (Å²) < 4.78 is 5.96. The minimum Gasteiger partial charge on any atom is -0.376 e. The van der Waals surface area contributed by atoms with Crippen molar-refractivity contribution in [1.82, 2.24) is 0 Å². The lowest BCUT2D eigenvalue weighted by molar-refractivity contribution is -0.0795. The first kappa shape index (κ1) is 15.5. The van der Waals surface area contributed by atoms with E-state index in [0.717, 1.165) is 12.8 Å². The lowest BCUT2D eigenvalue weighted by Gasteiger charge is -2.46. The largest absolute Gasteiger partial charge is 0.376 e. The Morgan fingerprint density at radius 1 is 1.10 bits per heavy atom. The lowest BCUT2D eigenvalue weighted by atomic mass is 9.67. The zero-order chi connectivity index (χ0) is 15.0. The van der Waals surface area contributed by atoms with Crippen LogP contribution in [-0.4, -0.2) is 12.7 Å². The first-order valence-corrected chi connectivity index (χ1v) is 7.68. The molecule has 112 valence electrons. The van der Waals surface area contributed by atoms with E-state index < -0.39 is 0 Å². The number of benzene rings is 1. The third-order valence-electron chi connectivity index (χ3n) is 5.40. The molecule has 1 aromatic rings. The van der Waals surface area contributed by atoms with Crippen molar-refractivity contribution in [2.75, 3.05) is 7.11 Å². The van der Waals surface area contributed by atoms with E-state index in [2.05, 4.69) is 45.9 Å². The molecule has 1 aromatic carbocycles. The van der Waals surface area contributed by atoms with Crippen LogP contribution in [0.5, 0.6) is 0 Å². The van der Waals surface area contributed by atoms with E-state index in [9.17, 15) is 0 Å². The second-order valence-electron chi connectivity index (χ2n) is 7.20. The van der Waals surface area contributed by atoms with Crippen molar-refractivity contribution >= 4 is 0 Å². The van der Waals surface area contributed by atoms with E-state index >= 15 is 0 Å². The number of methoxy groups -OCH3 is 1. The van der Waals surface area contributed by atoms with Crippen molar-refractivity contribution in [2.45, 2.75) is 65.0 Å². The highest BCUT2D eigenvalue weighted by Crippen LogP contribution is 2.47. The molecule has 0 spiro atoms. The molecule has 1 aliphatic rings. The highest BCUT2D eigenvalue weighted by Gasteiger charge is 2.43. The van der Waals surface area contributed by atoms with Gasteiger partial charge >= 0.3 is 0 Å². The predicted molar refractivity (Wildman–Crippen MR) is 84.8 cm³/mol. The molecule has 0 heterocycles. The molecule has 0 radical (unpaired) electrons. The van der Waals surface area contributed by atoms with E-state index in [4.69, 9.17) is 10.5 Å². The second-order valence-corrected chi connectivity index (χ2v) is 7.20. The Bertz CT molecular complexity index is 468. The molecule has 0 saturated heterocycles. The van der Waals surface area contributed by atoms with Crippen molar-refractivity contribution in [3.63, 3.8) is 0 Å². The van der Waals surface area contributed by atoms with Gasteiger partial charge in [0.1, 0.15) is 0 Å². The Labute approximate surface area is 123 Å². The van der Waals surface area contributed by atoms with Gasteiger partial charge in [0.25, 0.3) is 0 Å². The van der Waals surface area contributed by atoms with Crippen LogP contribution in [0.3, 0.4) is 0 Å². The van der Waals surface area contributed by atoms with E-state index in [1.807, 2.05) is 7.11 Å². The molecule has 2 N–H and O–H groups in total. The summed E-state index contributed by atoms with van der Waals surface area (Å²) in [6.45, 7) is 9.00.